The number of amides is 1. The molecule has 4 heteroatoms. The predicted molar refractivity (Wildman–Crippen MR) is 80.3 cm³/mol. The van der Waals surface area contributed by atoms with Gasteiger partial charge in [0.05, 0.1) is 23.9 Å². The van der Waals surface area contributed by atoms with Crippen molar-refractivity contribution in [2.75, 3.05) is 7.11 Å². The normalized spacial score (nSPS) is 11.4. The topological polar surface area (TPSA) is 51.2 Å². The third-order valence-electron chi connectivity index (χ3n) is 2.95. The summed E-state index contributed by atoms with van der Waals surface area (Å²) in [4.78, 5) is 16.8. The monoisotopic (exact) mass is 272 g/mol. The van der Waals surface area contributed by atoms with Gasteiger partial charge in [0.15, 0.2) is 0 Å². The van der Waals surface area contributed by atoms with Gasteiger partial charge < -0.3 is 10.1 Å². The van der Waals surface area contributed by atoms with E-state index in [2.05, 4.69) is 10.3 Å². The Labute approximate surface area is 119 Å². The average molecular weight is 272 g/mol. The molecule has 2 rings (SSSR count). The number of aromatic nitrogens is 1. The summed E-state index contributed by atoms with van der Waals surface area (Å²) in [6.07, 6.45) is 0. The molecule has 0 atom stereocenters. The number of aryl methyl sites for hydroxylation is 1. The Bertz CT molecular complexity index is 657. The average Bonchev–Trinajstić information content (AvgIpc) is 2.35. The van der Waals surface area contributed by atoms with Crippen LogP contribution in [0.1, 0.15) is 36.8 Å². The predicted octanol–water partition coefficient (Wildman–Crippen LogP) is 3.08. The van der Waals surface area contributed by atoms with E-state index in [4.69, 9.17) is 4.74 Å². The molecule has 0 aliphatic carbocycles. The van der Waals surface area contributed by atoms with Gasteiger partial charge in [-0.25, -0.2) is 0 Å². The van der Waals surface area contributed by atoms with Crippen LogP contribution in [0.4, 0.5) is 0 Å². The fraction of sp³-hybridized carbons (Fsp3) is 0.375. The van der Waals surface area contributed by atoms with Crippen LogP contribution in [0.25, 0.3) is 10.9 Å². The number of benzene rings is 1. The molecular formula is C16H20N2O2. The molecule has 0 aliphatic rings. The number of nitrogens with one attached hydrogen (secondary N) is 1. The zero-order valence-corrected chi connectivity index (χ0v) is 12.6. The fourth-order valence-corrected chi connectivity index (χ4v) is 2.02. The first-order valence-corrected chi connectivity index (χ1v) is 6.58. The number of carbonyl (C=O) groups excluding carboxylic acids is 1. The molecule has 1 heterocycles. The zero-order valence-electron chi connectivity index (χ0n) is 12.6. The van der Waals surface area contributed by atoms with Crippen molar-refractivity contribution >= 4 is 16.8 Å². The van der Waals surface area contributed by atoms with E-state index in [1.807, 2.05) is 52.0 Å². The summed E-state index contributed by atoms with van der Waals surface area (Å²) in [5.41, 5.74) is 1.91. The number of ether oxygens (including phenoxy) is 1. The van der Waals surface area contributed by atoms with Crippen molar-refractivity contribution in [2.45, 2.75) is 33.2 Å². The van der Waals surface area contributed by atoms with Gasteiger partial charge in [0, 0.05) is 10.9 Å². The lowest BCUT2D eigenvalue weighted by Crippen LogP contribution is -2.40. The minimum atomic E-state index is -0.271. The Morgan fingerprint density at radius 2 is 1.95 bits per heavy atom. The minimum absolute atomic E-state index is 0.104. The minimum Gasteiger partial charge on any atom is -0.497 e. The maximum Gasteiger partial charge on any atom is 0.253 e. The molecule has 20 heavy (non-hydrogen) atoms. The summed E-state index contributed by atoms with van der Waals surface area (Å²) >= 11 is 0. The molecule has 0 unspecified atom stereocenters. The summed E-state index contributed by atoms with van der Waals surface area (Å²) in [7, 11) is 1.62. The van der Waals surface area contributed by atoms with E-state index in [1.54, 1.807) is 7.11 Å². The second-order valence-corrected chi connectivity index (χ2v) is 5.88. The summed E-state index contributed by atoms with van der Waals surface area (Å²) in [6, 6.07) is 7.51. The maximum absolute atomic E-state index is 12.3. The summed E-state index contributed by atoms with van der Waals surface area (Å²) < 4.78 is 5.21. The molecule has 2 aromatic rings. The first-order chi connectivity index (χ1) is 9.30. The third kappa shape index (κ3) is 3.07. The molecule has 0 bridgehead atoms. The van der Waals surface area contributed by atoms with Gasteiger partial charge in [0.1, 0.15) is 5.75 Å². The zero-order chi connectivity index (χ0) is 14.9. The van der Waals surface area contributed by atoms with Crippen LogP contribution < -0.4 is 10.1 Å². The lowest BCUT2D eigenvalue weighted by Gasteiger charge is -2.21. The Balaban J connectivity index is 2.48. The van der Waals surface area contributed by atoms with Crippen LogP contribution >= 0.6 is 0 Å². The molecule has 1 aromatic carbocycles. The summed E-state index contributed by atoms with van der Waals surface area (Å²) in [5, 5.41) is 3.86. The second kappa shape index (κ2) is 5.12. The lowest BCUT2D eigenvalue weighted by atomic mass is 10.1. The first kappa shape index (κ1) is 14.3. The van der Waals surface area contributed by atoms with Crippen molar-refractivity contribution in [2.24, 2.45) is 0 Å². The molecule has 1 N–H and O–H groups in total. The highest BCUT2D eigenvalue weighted by Gasteiger charge is 2.18. The second-order valence-electron chi connectivity index (χ2n) is 5.88. The number of hydrogen-bond acceptors (Lipinski definition) is 3. The Hall–Kier alpha value is -2.10. The van der Waals surface area contributed by atoms with Crippen LogP contribution in [0.3, 0.4) is 0 Å². The van der Waals surface area contributed by atoms with Gasteiger partial charge in [-0.2, -0.15) is 0 Å². The molecule has 0 saturated carbocycles. The van der Waals surface area contributed by atoms with Crippen molar-refractivity contribution in [3.63, 3.8) is 0 Å². The highest BCUT2D eigenvalue weighted by Crippen LogP contribution is 2.22. The van der Waals surface area contributed by atoms with Gasteiger partial charge >= 0.3 is 0 Å². The molecule has 0 aliphatic heterocycles. The first-order valence-electron chi connectivity index (χ1n) is 6.58. The molecule has 0 radical (unpaired) electrons. The van der Waals surface area contributed by atoms with Gasteiger partial charge in [0.2, 0.25) is 0 Å². The van der Waals surface area contributed by atoms with E-state index in [1.165, 1.54) is 0 Å². The van der Waals surface area contributed by atoms with E-state index in [9.17, 15) is 4.79 Å². The van der Waals surface area contributed by atoms with Crippen LogP contribution in [-0.4, -0.2) is 23.5 Å². The molecule has 0 fully saturated rings. The van der Waals surface area contributed by atoms with Gasteiger partial charge in [-0.1, -0.05) is 0 Å². The van der Waals surface area contributed by atoms with E-state index in [0.29, 0.717) is 5.56 Å². The smallest absolute Gasteiger partial charge is 0.253 e. The van der Waals surface area contributed by atoms with E-state index >= 15 is 0 Å². The van der Waals surface area contributed by atoms with Gasteiger partial charge in [-0.15, -0.1) is 0 Å². The molecular weight excluding hydrogens is 252 g/mol. The van der Waals surface area contributed by atoms with Gasteiger partial charge in [0.25, 0.3) is 5.91 Å². The van der Waals surface area contributed by atoms with Crippen molar-refractivity contribution in [1.29, 1.82) is 0 Å². The lowest BCUT2D eigenvalue weighted by molar-refractivity contribution is 0.0918. The Morgan fingerprint density at radius 3 is 2.55 bits per heavy atom. The van der Waals surface area contributed by atoms with Crippen LogP contribution in [0, 0.1) is 6.92 Å². The molecule has 0 spiro atoms. The van der Waals surface area contributed by atoms with Crippen molar-refractivity contribution in [3.05, 3.63) is 35.5 Å². The summed E-state index contributed by atoms with van der Waals surface area (Å²) in [6.45, 7) is 7.72. The molecule has 1 amide bonds. The molecule has 4 nitrogen and oxygen atoms in total. The number of hydrogen-bond donors (Lipinski definition) is 1. The Kier molecular flexibility index (Phi) is 3.66. The van der Waals surface area contributed by atoms with Gasteiger partial charge in [-0.05, 0) is 52.0 Å². The third-order valence-corrected chi connectivity index (χ3v) is 2.95. The van der Waals surface area contributed by atoms with Gasteiger partial charge in [-0.3, -0.25) is 9.78 Å². The van der Waals surface area contributed by atoms with Crippen molar-refractivity contribution < 1.29 is 9.53 Å². The van der Waals surface area contributed by atoms with Crippen LogP contribution in [0.15, 0.2) is 24.3 Å². The van der Waals surface area contributed by atoms with E-state index in [-0.39, 0.29) is 11.4 Å². The quantitative estimate of drug-likeness (QED) is 0.914. The molecule has 0 saturated heterocycles. The van der Waals surface area contributed by atoms with Crippen LogP contribution in [0.2, 0.25) is 0 Å². The Morgan fingerprint density at radius 1 is 1.25 bits per heavy atom. The highest BCUT2D eigenvalue weighted by molar-refractivity contribution is 5.99. The number of methoxy groups -OCH3 is 1. The van der Waals surface area contributed by atoms with E-state index < -0.39 is 0 Å². The highest BCUT2D eigenvalue weighted by atomic mass is 16.5. The number of pyridine rings is 1. The standard InChI is InChI=1S/C16H20N2O2/c1-10-13(15(19)18-16(2,3)4)9-11-8-12(20-5)6-7-14(11)17-10/h6-9H,1-5H3,(H,18,19). The largest absolute Gasteiger partial charge is 0.497 e. The molecule has 1 aromatic heterocycles. The molecule has 106 valence electrons. The van der Waals surface area contributed by atoms with Crippen molar-refractivity contribution in [1.82, 2.24) is 10.3 Å². The van der Waals surface area contributed by atoms with Crippen LogP contribution in [-0.2, 0) is 0 Å². The number of carbonyl (C=O) groups is 1. The SMILES string of the molecule is COc1ccc2nc(C)c(C(=O)NC(C)(C)C)cc2c1. The summed E-state index contributed by atoms with van der Waals surface area (Å²) in [5.74, 6) is 0.651. The van der Waals surface area contributed by atoms with Crippen LogP contribution in [0.5, 0.6) is 5.75 Å². The fourth-order valence-electron chi connectivity index (χ4n) is 2.02. The maximum atomic E-state index is 12.3. The number of nitrogens with zero attached hydrogens (tertiary/aromatic N) is 1. The van der Waals surface area contributed by atoms with Crippen molar-refractivity contribution in [3.8, 4) is 5.75 Å². The number of fused-ring (bicyclic) bond motifs is 1. The van der Waals surface area contributed by atoms with E-state index in [0.717, 1.165) is 22.3 Å². The number of rotatable bonds is 2.